The smallest absolute Gasteiger partial charge is 0.262 e. The van der Waals surface area contributed by atoms with Crippen LogP contribution < -0.4 is 30.7 Å². The summed E-state index contributed by atoms with van der Waals surface area (Å²) >= 11 is 0. The lowest BCUT2D eigenvalue weighted by molar-refractivity contribution is -0.137. The van der Waals surface area contributed by atoms with Gasteiger partial charge in [0.2, 0.25) is 41.1 Å². The number of nitrogens with one attached hydrogen (secondary N) is 3. The molecule has 10 aromatic rings. The van der Waals surface area contributed by atoms with E-state index in [4.69, 9.17) is 9.97 Å². The van der Waals surface area contributed by atoms with Gasteiger partial charge in [-0.25, -0.2) is 29.9 Å². The largest absolute Gasteiger partial charge is 0.369 e. The first-order valence-electron chi connectivity index (χ1n) is 36.4. The molecule has 8 aliphatic rings. The van der Waals surface area contributed by atoms with E-state index in [2.05, 4.69) is 78.6 Å². The average Bonchev–Trinajstić information content (AvgIpc) is 1.63. The Labute approximate surface area is 603 Å². The number of benzene rings is 4. The van der Waals surface area contributed by atoms with Gasteiger partial charge in [-0.2, -0.15) is 4.39 Å². The Bertz CT molecular complexity index is 5040. The summed E-state index contributed by atoms with van der Waals surface area (Å²) in [5.41, 5.74) is 10.4. The van der Waals surface area contributed by atoms with E-state index in [-0.39, 0.29) is 37.5 Å². The van der Waals surface area contributed by atoms with Gasteiger partial charge in [0.25, 0.3) is 23.6 Å². The molecular formula is C78H79FN18O8. The summed E-state index contributed by atoms with van der Waals surface area (Å²) in [6.45, 7) is 13.7. The van der Waals surface area contributed by atoms with Crippen LogP contribution in [-0.4, -0.2) is 209 Å². The SMILES string of the molecule is Fc1ccc(-c2ccn3c(n2)nc2ccccc23)cn1.O=C1CCC(N2C(=O)c3ccc(N4CCN(CCC5CCN(c6ccc(-c7ccn8c(n7)nc7ccccc78)cn6)CC5)CC4)cc3C2=O)C(=O)N1.O=C1CCC(N2C(=O)c3ccc(N4CCN(CCC5CCNCC5)CC4)cc3C2=O)C(=O)N1. The maximum Gasteiger partial charge on any atom is 0.262 e. The highest BCUT2D eigenvalue weighted by Gasteiger charge is 2.47. The van der Waals surface area contributed by atoms with Crippen molar-refractivity contribution in [3.05, 3.63) is 174 Å². The molecule has 26 nitrogen and oxygen atoms in total. The number of piperazine rings is 2. The van der Waals surface area contributed by atoms with E-state index >= 15 is 0 Å². The van der Waals surface area contributed by atoms with E-state index < -0.39 is 53.5 Å². The standard InChI is InChI=1S/C39H39N9O4.C24H31N5O4.C15H9FN4/c49-35-10-8-33(36(50)43-35)48-37(51)28-7-6-27(23-29(28)38(48)52)45-21-19-44(20-22-45)15-11-25-12-16-46(17-13-25)34-9-5-26(24-40-34)30-14-18-47-32-4-2-1-3-31(32)42-39(47)41-30;30-21-4-3-20(22(31)26-21)29-23(32)18-2-1-17(15-19(18)24(29)33)28-13-11-27(12-14-28)10-7-16-5-8-25-9-6-16;16-14-6-5-10(9-17-14)11-7-8-20-13-4-2-1-3-12(13)19-15(20)18-11/h1-7,9,14,18,23-25,33H,8,10-13,15-17,19-22H2,(H,43,49,50);1-2,15-16,20,25H,3-14H2,(H,26,30,31);1-9H. The van der Waals surface area contributed by atoms with E-state index in [0.29, 0.717) is 39.7 Å². The van der Waals surface area contributed by atoms with Gasteiger partial charge in [0.15, 0.2) is 0 Å². The van der Waals surface area contributed by atoms with Gasteiger partial charge in [-0.15, -0.1) is 0 Å². The highest BCUT2D eigenvalue weighted by atomic mass is 19.1. The zero-order valence-electron chi connectivity index (χ0n) is 58.0. The summed E-state index contributed by atoms with van der Waals surface area (Å²) in [6.07, 6.45) is 15.1. The van der Waals surface area contributed by atoms with Crippen LogP contribution >= 0.6 is 0 Å². The van der Waals surface area contributed by atoms with Crippen LogP contribution in [-0.2, 0) is 19.2 Å². The van der Waals surface area contributed by atoms with Crippen molar-refractivity contribution in [1.29, 1.82) is 0 Å². The van der Waals surface area contributed by atoms with Crippen molar-refractivity contribution in [1.82, 2.24) is 74.3 Å². The second kappa shape index (κ2) is 29.5. The Morgan fingerprint density at radius 2 is 0.886 bits per heavy atom. The van der Waals surface area contributed by atoms with Crippen molar-refractivity contribution < 1.29 is 42.7 Å². The molecule has 6 saturated heterocycles. The molecular weight excluding hydrogens is 1340 g/mol. The number of amides is 8. The molecule has 8 amide bonds. The van der Waals surface area contributed by atoms with Gasteiger partial charge in [0, 0.05) is 126 Å². The first-order chi connectivity index (χ1) is 51.2. The fourth-order valence-corrected chi connectivity index (χ4v) is 15.8. The fraction of sp³-hybridized carbons (Fsp3) is 0.359. The number of halogens is 1. The predicted octanol–water partition coefficient (Wildman–Crippen LogP) is 7.46. The summed E-state index contributed by atoms with van der Waals surface area (Å²) in [7, 11) is 0. The number of piperidine rings is 4. The topological polar surface area (TPSA) is 281 Å². The van der Waals surface area contributed by atoms with Gasteiger partial charge in [-0.3, -0.25) is 77.4 Å². The summed E-state index contributed by atoms with van der Waals surface area (Å²) < 4.78 is 16.8. The molecule has 4 aromatic carbocycles. The van der Waals surface area contributed by atoms with Gasteiger partial charge in [0.1, 0.15) is 17.9 Å². The van der Waals surface area contributed by atoms with Crippen molar-refractivity contribution in [2.24, 2.45) is 11.8 Å². The maximum absolute atomic E-state index is 13.3. The molecule has 3 N–H and O–H groups in total. The molecule has 8 aliphatic heterocycles. The number of rotatable bonds is 13. The third-order valence-corrected chi connectivity index (χ3v) is 21.9. The quantitative estimate of drug-likeness (QED) is 0.0746. The molecule has 0 saturated carbocycles. The number of para-hydroxylation sites is 4. The number of imidazole rings is 2. The van der Waals surface area contributed by atoms with Crippen LogP contribution in [0.1, 0.15) is 106 Å². The second-order valence-corrected chi connectivity index (χ2v) is 28.2. The number of carbonyl (C=O) groups is 8. The highest BCUT2D eigenvalue weighted by molar-refractivity contribution is 6.25. The number of hydrogen-bond acceptors (Lipinski definition) is 20. The minimum atomic E-state index is -0.956. The first kappa shape index (κ1) is 68.2. The van der Waals surface area contributed by atoms with Gasteiger partial charge >= 0.3 is 0 Å². The molecule has 2 unspecified atom stereocenters. The van der Waals surface area contributed by atoms with E-state index in [1.807, 2.05) is 94.1 Å². The number of imide groups is 4. The molecule has 6 aromatic heterocycles. The minimum absolute atomic E-state index is 0.105. The second-order valence-electron chi connectivity index (χ2n) is 28.2. The fourth-order valence-electron chi connectivity index (χ4n) is 15.8. The van der Waals surface area contributed by atoms with Gasteiger partial charge in [0.05, 0.1) is 55.7 Å². The van der Waals surface area contributed by atoms with Gasteiger partial charge in [-0.05, 0) is 186 Å². The van der Waals surface area contributed by atoms with E-state index in [0.717, 1.165) is 182 Å². The Balaban J connectivity index is 0.000000135. The average molecular weight is 1420 g/mol. The number of aromatic nitrogens is 8. The molecule has 14 heterocycles. The molecule has 2 atom stereocenters. The predicted molar refractivity (Wildman–Crippen MR) is 391 cm³/mol. The van der Waals surface area contributed by atoms with Crippen molar-refractivity contribution in [2.45, 2.75) is 76.3 Å². The van der Waals surface area contributed by atoms with Gasteiger partial charge < -0.3 is 20.0 Å². The number of hydrogen-bond donors (Lipinski definition) is 3. The zero-order chi connectivity index (χ0) is 71.8. The number of carbonyl (C=O) groups excluding carboxylic acids is 8. The lowest BCUT2D eigenvalue weighted by Crippen LogP contribution is -2.54. The van der Waals surface area contributed by atoms with E-state index in [1.54, 1.807) is 30.3 Å². The van der Waals surface area contributed by atoms with Crippen LogP contribution in [0.5, 0.6) is 0 Å². The van der Waals surface area contributed by atoms with Crippen LogP contribution in [0.3, 0.4) is 0 Å². The summed E-state index contributed by atoms with van der Waals surface area (Å²) in [5, 5.41) is 7.91. The van der Waals surface area contributed by atoms with Crippen LogP contribution in [0.2, 0.25) is 0 Å². The molecule has 18 rings (SSSR count). The molecule has 0 bridgehead atoms. The van der Waals surface area contributed by atoms with Crippen LogP contribution in [0.4, 0.5) is 21.6 Å². The Hall–Kier alpha value is -11.3. The highest BCUT2D eigenvalue weighted by Crippen LogP contribution is 2.35. The van der Waals surface area contributed by atoms with Crippen molar-refractivity contribution in [3.63, 3.8) is 0 Å². The molecule has 0 aliphatic carbocycles. The van der Waals surface area contributed by atoms with Crippen molar-refractivity contribution in [2.75, 3.05) is 106 Å². The van der Waals surface area contributed by atoms with E-state index in [1.165, 1.54) is 37.9 Å². The molecule has 6 fully saturated rings. The van der Waals surface area contributed by atoms with E-state index in [9.17, 15) is 42.7 Å². The summed E-state index contributed by atoms with van der Waals surface area (Å²) in [4.78, 5) is 141. The third-order valence-electron chi connectivity index (χ3n) is 21.9. The van der Waals surface area contributed by atoms with Crippen molar-refractivity contribution in [3.8, 4) is 22.5 Å². The van der Waals surface area contributed by atoms with Crippen LogP contribution in [0.15, 0.2) is 146 Å². The molecule has 27 heteroatoms. The summed E-state index contributed by atoms with van der Waals surface area (Å²) in [6, 6.07) is 35.8. The third kappa shape index (κ3) is 14.1. The molecule has 0 radical (unpaired) electrons. The Kier molecular flexibility index (Phi) is 19.1. The number of anilines is 3. The molecule has 536 valence electrons. The number of nitrogens with zero attached hydrogens (tertiary/aromatic N) is 15. The van der Waals surface area contributed by atoms with Crippen LogP contribution in [0, 0.1) is 17.8 Å². The lowest BCUT2D eigenvalue weighted by Gasteiger charge is -2.38. The number of pyridine rings is 2. The van der Waals surface area contributed by atoms with Crippen molar-refractivity contribution >= 4 is 98.1 Å². The lowest BCUT2D eigenvalue weighted by atomic mass is 9.93. The Morgan fingerprint density at radius 3 is 1.34 bits per heavy atom. The maximum atomic E-state index is 13.3. The van der Waals surface area contributed by atoms with Crippen LogP contribution in [0.25, 0.3) is 56.1 Å². The zero-order valence-corrected chi connectivity index (χ0v) is 58.0. The Morgan fingerprint density at radius 1 is 0.429 bits per heavy atom. The minimum Gasteiger partial charge on any atom is -0.369 e. The van der Waals surface area contributed by atoms with Gasteiger partial charge in [-0.1, -0.05) is 24.3 Å². The summed E-state index contributed by atoms with van der Waals surface area (Å²) in [5.74, 6) is -0.459. The monoisotopic (exact) mass is 1410 g/mol. The first-order valence-corrected chi connectivity index (χ1v) is 36.4. The molecule has 0 spiro atoms. The normalized spacial score (nSPS) is 20.0. The molecule has 105 heavy (non-hydrogen) atoms. The number of fused-ring (bicyclic) bond motifs is 8.